The largest absolute Gasteiger partial charge is 0.393 e. The Morgan fingerprint density at radius 2 is 2.00 bits per heavy atom. The molecule has 0 aliphatic rings. The van der Waals surface area contributed by atoms with Crippen molar-refractivity contribution in [3.63, 3.8) is 0 Å². The molecule has 0 aliphatic carbocycles. The van der Waals surface area contributed by atoms with Gasteiger partial charge in [0.2, 0.25) is 0 Å². The van der Waals surface area contributed by atoms with Gasteiger partial charge in [0, 0.05) is 6.54 Å². The molecule has 0 amide bonds. The Hall–Kier alpha value is -0.160. The summed E-state index contributed by atoms with van der Waals surface area (Å²) in [6.07, 6.45) is 1.05. The summed E-state index contributed by atoms with van der Waals surface area (Å²) in [6, 6.07) is 0. The topological polar surface area (TPSA) is 55.7 Å². The van der Waals surface area contributed by atoms with Gasteiger partial charge in [-0.3, -0.25) is 0 Å². The molecule has 3 N–H and O–H groups in total. The Balaban J connectivity index is 3.26. The highest BCUT2D eigenvalue weighted by Gasteiger charge is 2.17. The van der Waals surface area contributed by atoms with Gasteiger partial charge in [0.1, 0.15) is 0 Å². The van der Waals surface area contributed by atoms with E-state index in [9.17, 15) is 5.11 Å². The maximum absolute atomic E-state index is 9.41. The lowest BCUT2D eigenvalue weighted by Gasteiger charge is -2.20. The second kappa shape index (κ2) is 6.32. The van der Waals surface area contributed by atoms with Gasteiger partial charge >= 0.3 is 0 Å². The first-order chi connectivity index (χ1) is 5.98. The van der Waals surface area contributed by atoms with Gasteiger partial charge in [0.05, 0.1) is 12.2 Å². The molecule has 0 aromatic carbocycles. The Morgan fingerprint density at radius 3 is 2.46 bits per heavy atom. The molecule has 0 radical (unpaired) electrons. The van der Waals surface area contributed by atoms with Crippen LogP contribution in [0.3, 0.4) is 0 Å². The lowest BCUT2D eigenvalue weighted by atomic mass is 10.1. The van der Waals surface area contributed by atoms with E-state index in [-0.39, 0.29) is 6.61 Å². The Morgan fingerprint density at radius 1 is 1.38 bits per heavy atom. The lowest BCUT2D eigenvalue weighted by molar-refractivity contribution is 0.00283. The zero-order valence-corrected chi connectivity index (χ0v) is 8.88. The summed E-state index contributed by atoms with van der Waals surface area (Å²) in [7, 11) is 4.06. The van der Waals surface area contributed by atoms with Crippen LogP contribution in [0.25, 0.3) is 0 Å². The number of aliphatic hydroxyl groups excluding tert-OH is 1. The first-order valence-electron chi connectivity index (χ1n) is 4.66. The predicted molar refractivity (Wildman–Crippen MR) is 53.8 cm³/mol. The summed E-state index contributed by atoms with van der Waals surface area (Å²) in [5.74, 6) is 0. The standard InChI is InChI=1S/C9H22N2O2/c1-9(13,8-12)7-10-5-4-6-11(2)3/h10,12-13H,4-8H2,1-3H3. The molecule has 0 bridgehead atoms. The predicted octanol–water partition coefficient (Wildman–Crippen LogP) is -0.729. The molecule has 0 fully saturated rings. The van der Waals surface area contributed by atoms with E-state index in [1.807, 2.05) is 14.1 Å². The fraction of sp³-hybridized carbons (Fsp3) is 1.00. The van der Waals surface area contributed by atoms with Crippen LogP contribution in [0.1, 0.15) is 13.3 Å². The molecule has 0 saturated carbocycles. The molecular formula is C9H22N2O2. The SMILES string of the molecule is CN(C)CCCNCC(C)(O)CO. The van der Waals surface area contributed by atoms with Crippen molar-refractivity contribution in [2.24, 2.45) is 0 Å². The lowest BCUT2D eigenvalue weighted by Crippen LogP contribution is -2.41. The molecule has 13 heavy (non-hydrogen) atoms. The number of hydrogen-bond acceptors (Lipinski definition) is 4. The molecule has 1 unspecified atom stereocenters. The van der Waals surface area contributed by atoms with E-state index in [0.717, 1.165) is 19.5 Å². The first kappa shape index (κ1) is 12.8. The van der Waals surface area contributed by atoms with Crippen LogP contribution in [0.5, 0.6) is 0 Å². The van der Waals surface area contributed by atoms with E-state index < -0.39 is 5.60 Å². The van der Waals surface area contributed by atoms with Crippen LogP contribution < -0.4 is 5.32 Å². The van der Waals surface area contributed by atoms with E-state index in [4.69, 9.17) is 5.11 Å². The average molecular weight is 190 g/mol. The third kappa shape index (κ3) is 8.18. The molecule has 0 spiro atoms. The molecule has 80 valence electrons. The number of rotatable bonds is 7. The van der Waals surface area contributed by atoms with Crippen molar-refractivity contribution >= 4 is 0 Å². The molecule has 0 aliphatic heterocycles. The molecular weight excluding hydrogens is 168 g/mol. The fourth-order valence-corrected chi connectivity index (χ4v) is 0.934. The van der Waals surface area contributed by atoms with Crippen molar-refractivity contribution in [1.29, 1.82) is 0 Å². The highest BCUT2D eigenvalue weighted by molar-refractivity contribution is 4.73. The molecule has 0 rings (SSSR count). The average Bonchev–Trinajstić information content (AvgIpc) is 2.03. The minimum Gasteiger partial charge on any atom is -0.393 e. The van der Waals surface area contributed by atoms with E-state index in [2.05, 4.69) is 10.2 Å². The van der Waals surface area contributed by atoms with Crippen molar-refractivity contribution in [3.8, 4) is 0 Å². The number of nitrogens with zero attached hydrogens (tertiary/aromatic N) is 1. The molecule has 0 aromatic heterocycles. The van der Waals surface area contributed by atoms with Crippen LogP contribution >= 0.6 is 0 Å². The minimum absolute atomic E-state index is 0.201. The smallest absolute Gasteiger partial charge is 0.0972 e. The number of aliphatic hydroxyl groups is 2. The van der Waals surface area contributed by atoms with Gasteiger partial charge in [-0.15, -0.1) is 0 Å². The van der Waals surface area contributed by atoms with Gasteiger partial charge in [-0.05, 0) is 40.5 Å². The monoisotopic (exact) mass is 190 g/mol. The van der Waals surface area contributed by atoms with Crippen LogP contribution in [0.15, 0.2) is 0 Å². The second-order valence-corrected chi connectivity index (χ2v) is 3.99. The maximum atomic E-state index is 9.41. The second-order valence-electron chi connectivity index (χ2n) is 3.99. The molecule has 1 atom stereocenters. The Labute approximate surface area is 80.6 Å². The summed E-state index contributed by atoms with van der Waals surface area (Å²) in [5, 5.41) is 21.2. The van der Waals surface area contributed by atoms with Gasteiger partial charge < -0.3 is 20.4 Å². The van der Waals surface area contributed by atoms with Gasteiger partial charge in [0.15, 0.2) is 0 Å². The minimum atomic E-state index is -0.988. The van der Waals surface area contributed by atoms with Crippen molar-refractivity contribution in [2.75, 3.05) is 40.3 Å². The van der Waals surface area contributed by atoms with Gasteiger partial charge in [-0.1, -0.05) is 0 Å². The highest BCUT2D eigenvalue weighted by atomic mass is 16.3. The summed E-state index contributed by atoms with van der Waals surface area (Å²) in [4.78, 5) is 2.12. The summed E-state index contributed by atoms with van der Waals surface area (Å²) in [5.41, 5.74) is -0.988. The van der Waals surface area contributed by atoms with E-state index in [1.165, 1.54) is 0 Å². The van der Waals surface area contributed by atoms with Gasteiger partial charge in [-0.25, -0.2) is 0 Å². The number of nitrogens with one attached hydrogen (secondary N) is 1. The fourth-order valence-electron chi connectivity index (χ4n) is 0.934. The van der Waals surface area contributed by atoms with Gasteiger partial charge in [-0.2, -0.15) is 0 Å². The molecule has 0 heterocycles. The molecule has 4 nitrogen and oxygen atoms in total. The molecule has 0 saturated heterocycles. The zero-order chi connectivity index (χ0) is 10.3. The maximum Gasteiger partial charge on any atom is 0.0972 e. The molecule has 0 aromatic rings. The Kier molecular flexibility index (Phi) is 6.24. The van der Waals surface area contributed by atoms with E-state index in [1.54, 1.807) is 6.92 Å². The van der Waals surface area contributed by atoms with E-state index >= 15 is 0 Å². The quantitative estimate of drug-likeness (QED) is 0.463. The van der Waals surface area contributed by atoms with Crippen LogP contribution in [-0.4, -0.2) is 61.1 Å². The Bertz CT molecular complexity index is 127. The third-order valence-corrected chi connectivity index (χ3v) is 1.81. The normalized spacial score (nSPS) is 16.2. The third-order valence-electron chi connectivity index (χ3n) is 1.81. The number of hydrogen-bond donors (Lipinski definition) is 3. The van der Waals surface area contributed by atoms with Crippen LogP contribution in [0.2, 0.25) is 0 Å². The highest BCUT2D eigenvalue weighted by Crippen LogP contribution is 1.98. The van der Waals surface area contributed by atoms with Crippen molar-refractivity contribution in [3.05, 3.63) is 0 Å². The van der Waals surface area contributed by atoms with Crippen molar-refractivity contribution in [1.82, 2.24) is 10.2 Å². The van der Waals surface area contributed by atoms with Crippen LogP contribution in [0, 0.1) is 0 Å². The summed E-state index contributed by atoms with van der Waals surface area (Å²) in [6.45, 7) is 3.76. The van der Waals surface area contributed by atoms with Gasteiger partial charge in [0.25, 0.3) is 0 Å². The summed E-state index contributed by atoms with van der Waals surface area (Å²) >= 11 is 0. The first-order valence-corrected chi connectivity index (χ1v) is 4.66. The molecule has 4 heteroatoms. The van der Waals surface area contributed by atoms with Crippen LogP contribution in [-0.2, 0) is 0 Å². The van der Waals surface area contributed by atoms with Crippen molar-refractivity contribution in [2.45, 2.75) is 18.9 Å². The van der Waals surface area contributed by atoms with E-state index in [0.29, 0.717) is 6.54 Å². The summed E-state index contributed by atoms with van der Waals surface area (Å²) < 4.78 is 0. The zero-order valence-electron chi connectivity index (χ0n) is 8.88. The van der Waals surface area contributed by atoms with Crippen molar-refractivity contribution < 1.29 is 10.2 Å². The van der Waals surface area contributed by atoms with Crippen LogP contribution in [0.4, 0.5) is 0 Å².